The summed E-state index contributed by atoms with van der Waals surface area (Å²) in [5.41, 5.74) is -5.65. The zero-order valence-electron chi connectivity index (χ0n) is 12.9. The van der Waals surface area contributed by atoms with Gasteiger partial charge in [-0.15, -0.1) is 0 Å². The minimum atomic E-state index is -6.09. The molecule has 0 fully saturated rings. The van der Waals surface area contributed by atoms with Gasteiger partial charge >= 0.3 is 101 Å². The molecule has 0 aliphatic carbocycles. The fourth-order valence-corrected chi connectivity index (χ4v) is 4.89. The number of carbonyl (C=O) groups is 1. The van der Waals surface area contributed by atoms with Gasteiger partial charge in [-0.25, -0.2) is 8.42 Å². The molecule has 22 heavy (non-hydrogen) atoms. The minimum Gasteiger partial charge on any atom is -0.741 e. The van der Waals surface area contributed by atoms with Crippen LogP contribution in [0.3, 0.4) is 0 Å². The Balaban J connectivity index is -0.000000115. The van der Waals surface area contributed by atoms with E-state index in [-0.39, 0.29) is 47.0 Å². The molecular weight excluding hydrogens is 465 g/mol. The monoisotopic (exact) mass is 487 g/mol. The summed E-state index contributed by atoms with van der Waals surface area (Å²) in [7, 11) is -6.09. The Morgan fingerprint density at radius 2 is 1.32 bits per heavy atom. The summed E-state index contributed by atoms with van der Waals surface area (Å²) in [6.07, 6.45) is 5.84. The molecule has 0 saturated heterocycles. The fraction of sp³-hybridized carbons (Fsp3) is 0.909. The topological polar surface area (TPSA) is 97.3 Å². The number of unbranched alkanes of at least 4 members (excludes halogenated alkanes) is 2. The van der Waals surface area contributed by atoms with Crippen LogP contribution in [0.5, 0.6) is 0 Å². The molecule has 0 bridgehead atoms. The molecule has 126 valence electrons. The Morgan fingerprint density at radius 1 is 1.09 bits per heavy atom. The van der Waals surface area contributed by atoms with Gasteiger partial charge in [-0.05, 0) is 6.92 Å². The second-order valence-corrected chi connectivity index (χ2v) is 9.50. The number of alkyl halides is 3. The number of carboxylic acid groups (broad SMARTS) is 1. The summed E-state index contributed by atoms with van der Waals surface area (Å²) in [6, 6.07) is 0. The average Bonchev–Trinajstić information content (AvgIpc) is 2.26. The zero-order valence-corrected chi connectivity index (χ0v) is 18.4. The van der Waals surface area contributed by atoms with Gasteiger partial charge in [0.1, 0.15) is 0 Å². The normalized spacial score (nSPS) is 9.95. The van der Waals surface area contributed by atoms with Crippen LogP contribution in [-0.2, 0) is 40.8 Å². The van der Waals surface area contributed by atoms with Crippen LogP contribution < -0.4 is 5.11 Å². The smallest absolute Gasteiger partial charge is 0.741 e. The third-order valence-corrected chi connectivity index (χ3v) is 6.30. The molecule has 0 heterocycles. The zero-order chi connectivity index (χ0) is 17.5. The van der Waals surface area contributed by atoms with Crippen LogP contribution in [0.25, 0.3) is 0 Å². The molecule has 0 N–H and O–H groups in total. The van der Waals surface area contributed by atoms with Gasteiger partial charge in [0.05, 0.1) is 0 Å². The van der Waals surface area contributed by atoms with E-state index in [0.29, 0.717) is 0 Å². The van der Waals surface area contributed by atoms with Crippen molar-refractivity contribution in [3.05, 3.63) is 0 Å². The van der Waals surface area contributed by atoms with Crippen molar-refractivity contribution in [2.24, 2.45) is 0 Å². The van der Waals surface area contributed by atoms with Crippen LogP contribution in [0.2, 0.25) is 8.87 Å². The van der Waals surface area contributed by atoms with Crippen molar-refractivity contribution in [2.45, 2.75) is 60.8 Å². The first-order valence-electron chi connectivity index (χ1n) is 6.30. The molecule has 0 saturated carbocycles. The average molecular weight is 486 g/mol. The maximum Gasteiger partial charge on any atom is 3.00 e. The minimum absolute atomic E-state index is 0. The van der Waals surface area contributed by atoms with E-state index in [9.17, 15) is 13.2 Å². The molecule has 0 aliphatic rings. The number of carboxylic acids is 1. The van der Waals surface area contributed by atoms with Gasteiger partial charge in [-0.2, -0.15) is 13.2 Å². The summed E-state index contributed by atoms with van der Waals surface area (Å²) < 4.78 is 62.2. The van der Waals surface area contributed by atoms with Crippen molar-refractivity contribution in [2.75, 3.05) is 0 Å². The predicted molar refractivity (Wildman–Crippen MR) is 71.6 cm³/mol. The van der Waals surface area contributed by atoms with E-state index in [4.69, 9.17) is 22.9 Å². The van der Waals surface area contributed by atoms with Gasteiger partial charge < -0.3 is 14.5 Å². The SMILES string of the molecule is CC(=O)[O-].CCC[CH2][Sn+2][CH2]CCC.O=S(=O)([O-])C(F)(F)F.[Sc+3]. The standard InChI is InChI=1S/2C4H9.C2H4O2.CHF3O3S.Sc.Sn/c2*1-3-4-2;1-2(3)4;2-1(3,4)8(5,6)7;;/h2*1,3-4H2,2H3;1H3,(H,3,4);(H,5,6,7);;/q;;;;+3;+2/p-2. The van der Waals surface area contributed by atoms with Crippen molar-refractivity contribution in [1.82, 2.24) is 0 Å². The number of rotatable bonds is 6. The Labute approximate surface area is 159 Å². The summed E-state index contributed by atoms with van der Waals surface area (Å²) in [6.45, 7) is 5.55. The molecule has 0 atom stereocenters. The number of hydrogen-bond acceptors (Lipinski definition) is 5. The van der Waals surface area contributed by atoms with Gasteiger partial charge in [0.2, 0.25) is 0 Å². The largest absolute Gasteiger partial charge is 3.00 e. The van der Waals surface area contributed by atoms with Crippen LogP contribution in [0.4, 0.5) is 13.2 Å². The maximum atomic E-state index is 10.7. The van der Waals surface area contributed by atoms with Gasteiger partial charge in [0, 0.05) is 5.97 Å². The number of halogens is 3. The molecule has 5 nitrogen and oxygen atoms in total. The Kier molecular flexibility index (Phi) is 25.4. The molecule has 0 aromatic heterocycles. The molecule has 0 rings (SSSR count). The van der Waals surface area contributed by atoms with Gasteiger partial charge in [0.15, 0.2) is 10.1 Å². The summed E-state index contributed by atoms with van der Waals surface area (Å²) in [5.74, 6) is -1.08. The Hall–Kier alpha value is 0.839. The van der Waals surface area contributed by atoms with Gasteiger partial charge in [0.25, 0.3) is 0 Å². The summed E-state index contributed by atoms with van der Waals surface area (Å²) >= 11 is 0.149. The third-order valence-electron chi connectivity index (χ3n) is 1.70. The third kappa shape index (κ3) is 32.7. The van der Waals surface area contributed by atoms with E-state index in [1.165, 1.54) is 25.7 Å². The maximum absolute atomic E-state index is 10.7. The molecule has 0 spiro atoms. The Morgan fingerprint density at radius 3 is 1.45 bits per heavy atom. The molecule has 0 aliphatic heterocycles. The van der Waals surface area contributed by atoms with E-state index >= 15 is 0 Å². The molecule has 0 aromatic rings. The van der Waals surface area contributed by atoms with Crippen LogP contribution in [0.1, 0.15) is 46.5 Å². The van der Waals surface area contributed by atoms with Crippen molar-refractivity contribution in [3.63, 3.8) is 0 Å². The first-order valence-corrected chi connectivity index (χ1v) is 11.7. The quantitative estimate of drug-likeness (QED) is 0.248. The first-order chi connectivity index (χ1) is 9.40. The van der Waals surface area contributed by atoms with Gasteiger partial charge in [-0.1, -0.05) is 0 Å². The number of hydrogen-bond donors (Lipinski definition) is 0. The van der Waals surface area contributed by atoms with Crippen molar-refractivity contribution in [3.8, 4) is 0 Å². The molecular formula is C11H21F3O5SScSn+3. The fourth-order valence-electron chi connectivity index (χ4n) is 0.729. The van der Waals surface area contributed by atoms with E-state index in [1.807, 2.05) is 0 Å². The van der Waals surface area contributed by atoms with Gasteiger partial charge in [-0.3, -0.25) is 0 Å². The molecule has 0 radical (unpaired) electrons. The van der Waals surface area contributed by atoms with E-state index in [0.717, 1.165) is 6.92 Å². The van der Waals surface area contributed by atoms with Crippen LogP contribution in [-0.4, -0.2) is 45.6 Å². The van der Waals surface area contributed by atoms with E-state index in [2.05, 4.69) is 13.8 Å². The van der Waals surface area contributed by atoms with Crippen LogP contribution in [0.15, 0.2) is 0 Å². The molecule has 0 unspecified atom stereocenters. The predicted octanol–water partition coefficient (Wildman–Crippen LogP) is 1.93. The van der Waals surface area contributed by atoms with Crippen molar-refractivity contribution >= 4 is 37.2 Å². The van der Waals surface area contributed by atoms with Crippen LogP contribution in [0, 0.1) is 0 Å². The molecule has 0 aromatic carbocycles. The number of carbonyl (C=O) groups excluding carboxylic acids is 1. The molecule has 0 amide bonds. The first kappa shape index (κ1) is 30.7. The van der Waals surface area contributed by atoms with E-state index in [1.54, 1.807) is 8.87 Å². The summed E-state index contributed by atoms with van der Waals surface area (Å²) in [4.78, 5) is 8.89. The van der Waals surface area contributed by atoms with Crippen LogP contribution >= 0.6 is 0 Å². The Bertz CT molecular complexity index is 340. The second-order valence-electron chi connectivity index (χ2n) is 3.85. The van der Waals surface area contributed by atoms with Crippen molar-refractivity contribution in [1.29, 1.82) is 0 Å². The molecule has 11 heteroatoms. The number of aliphatic carboxylic acids is 1. The summed E-state index contributed by atoms with van der Waals surface area (Å²) in [5, 5.41) is 8.89. The van der Waals surface area contributed by atoms with Crippen molar-refractivity contribution < 1.29 is 61.9 Å². The second kappa shape index (κ2) is 18.2. The van der Waals surface area contributed by atoms with E-state index < -0.39 is 21.6 Å².